The van der Waals surface area contributed by atoms with Crippen LogP contribution in [0.4, 0.5) is 0 Å². The molecule has 74 valence electrons. The predicted octanol–water partition coefficient (Wildman–Crippen LogP) is 2.52. The molecule has 2 aliphatic rings. The summed E-state index contributed by atoms with van der Waals surface area (Å²) in [6.07, 6.45) is 6.40. The van der Waals surface area contributed by atoms with Gasteiger partial charge in [-0.2, -0.15) is 0 Å². The maximum absolute atomic E-state index is 10.9. The van der Waals surface area contributed by atoms with E-state index in [0.29, 0.717) is 5.41 Å². The van der Waals surface area contributed by atoms with Crippen LogP contribution in [0.2, 0.25) is 0 Å². The van der Waals surface area contributed by atoms with Gasteiger partial charge in [-0.3, -0.25) is 4.79 Å². The summed E-state index contributed by atoms with van der Waals surface area (Å²) in [5.74, 6) is 0.799. The number of carbonyl (C=O) groups is 1. The molecular weight excluding hydrogens is 164 g/mol. The molecule has 0 aromatic rings. The number of hydrogen-bond donors (Lipinski definition) is 0. The molecule has 2 heteroatoms. The highest BCUT2D eigenvalue weighted by atomic mass is 16.5. The van der Waals surface area contributed by atoms with Crippen LogP contribution >= 0.6 is 0 Å². The molecule has 2 fully saturated rings. The van der Waals surface area contributed by atoms with Gasteiger partial charge in [0.25, 0.3) is 0 Å². The van der Waals surface area contributed by atoms with E-state index in [1.807, 2.05) is 0 Å². The van der Waals surface area contributed by atoms with Gasteiger partial charge in [0, 0.05) is 12.3 Å². The van der Waals surface area contributed by atoms with Gasteiger partial charge < -0.3 is 4.74 Å². The van der Waals surface area contributed by atoms with E-state index in [9.17, 15) is 4.79 Å². The maximum Gasteiger partial charge on any atom is 0.302 e. The topological polar surface area (TPSA) is 26.3 Å². The Labute approximate surface area is 79.7 Å². The zero-order chi connectivity index (χ0) is 9.47. The van der Waals surface area contributed by atoms with Crippen LogP contribution in [0.1, 0.15) is 46.0 Å². The molecule has 2 aliphatic carbocycles. The molecule has 0 saturated heterocycles. The summed E-state index contributed by atoms with van der Waals surface area (Å²) in [4.78, 5) is 10.9. The Morgan fingerprint density at radius 2 is 2.15 bits per heavy atom. The minimum atomic E-state index is -0.114. The second-order valence-electron chi connectivity index (χ2n) is 4.94. The molecular formula is C11H18O2. The van der Waals surface area contributed by atoms with Crippen molar-refractivity contribution in [3.63, 3.8) is 0 Å². The molecule has 0 amide bonds. The predicted molar refractivity (Wildman–Crippen MR) is 50.2 cm³/mol. The molecule has 0 heterocycles. The summed E-state index contributed by atoms with van der Waals surface area (Å²) in [7, 11) is 0. The van der Waals surface area contributed by atoms with Crippen molar-refractivity contribution in [2.24, 2.45) is 11.3 Å². The zero-order valence-electron chi connectivity index (χ0n) is 8.51. The van der Waals surface area contributed by atoms with Crippen molar-refractivity contribution in [2.45, 2.75) is 52.1 Å². The quantitative estimate of drug-likeness (QED) is 0.582. The normalized spacial score (nSPS) is 43.2. The fraction of sp³-hybridized carbons (Fsp3) is 0.909. The van der Waals surface area contributed by atoms with Gasteiger partial charge in [-0.25, -0.2) is 0 Å². The number of fused-ring (bicyclic) bond motifs is 2. The van der Waals surface area contributed by atoms with Crippen molar-refractivity contribution >= 4 is 5.97 Å². The Bertz CT molecular complexity index is 224. The van der Waals surface area contributed by atoms with Gasteiger partial charge in [-0.1, -0.05) is 6.92 Å². The standard InChI is InChI=1S/C11H18O2/c1-8(12)13-10-4-3-9-5-6-11(10,2)7-9/h9-10H,3-7H2,1-2H3/t9-,10+,11+/m0/s1. The minimum Gasteiger partial charge on any atom is -0.462 e. The van der Waals surface area contributed by atoms with Gasteiger partial charge >= 0.3 is 5.97 Å². The number of hydrogen-bond acceptors (Lipinski definition) is 2. The van der Waals surface area contributed by atoms with E-state index in [4.69, 9.17) is 4.74 Å². The molecule has 3 atom stereocenters. The first-order valence-corrected chi connectivity index (χ1v) is 5.27. The molecule has 0 aromatic carbocycles. The van der Waals surface area contributed by atoms with Crippen LogP contribution in [0.25, 0.3) is 0 Å². The number of ether oxygens (including phenoxy) is 1. The SMILES string of the molecule is CC(=O)O[C@@H]1CC[C@H]2CC[C@]1(C)C2. The molecule has 0 N–H and O–H groups in total. The summed E-state index contributed by atoms with van der Waals surface area (Å²) in [6.45, 7) is 3.80. The summed E-state index contributed by atoms with van der Waals surface area (Å²) < 4.78 is 5.39. The van der Waals surface area contributed by atoms with Crippen molar-refractivity contribution < 1.29 is 9.53 Å². The molecule has 2 bridgehead atoms. The molecule has 13 heavy (non-hydrogen) atoms. The molecule has 0 aromatic heterocycles. The fourth-order valence-electron chi connectivity index (χ4n) is 3.07. The van der Waals surface area contributed by atoms with E-state index in [1.54, 1.807) is 0 Å². The third kappa shape index (κ3) is 1.59. The van der Waals surface area contributed by atoms with Crippen molar-refractivity contribution in [3.05, 3.63) is 0 Å². The smallest absolute Gasteiger partial charge is 0.302 e. The summed E-state index contributed by atoms with van der Waals surface area (Å²) in [5, 5.41) is 0. The second kappa shape index (κ2) is 3.00. The Kier molecular flexibility index (Phi) is 2.09. The van der Waals surface area contributed by atoms with E-state index >= 15 is 0 Å². The molecule has 2 saturated carbocycles. The largest absolute Gasteiger partial charge is 0.462 e. The van der Waals surface area contributed by atoms with Crippen molar-refractivity contribution in [1.29, 1.82) is 0 Å². The third-order valence-electron chi connectivity index (χ3n) is 3.80. The number of carbonyl (C=O) groups excluding carboxylic acids is 1. The summed E-state index contributed by atoms with van der Waals surface area (Å²) in [6, 6.07) is 0. The lowest BCUT2D eigenvalue weighted by atomic mass is 9.75. The Morgan fingerprint density at radius 1 is 1.38 bits per heavy atom. The van der Waals surface area contributed by atoms with Crippen molar-refractivity contribution in [3.8, 4) is 0 Å². The van der Waals surface area contributed by atoms with Crippen LogP contribution in [-0.2, 0) is 9.53 Å². The maximum atomic E-state index is 10.9. The Hall–Kier alpha value is -0.530. The first-order chi connectivity index (χ1) is 6.10. The lowest BCUT2D eigenvalue weighted by Crippen LogP contribution is -2.36. The first kappa shape index (κ1) is 9.04. The van der Waals surface area contributed by atoms with Gasteiger partial charge in [0.2, 0.25) is 0 Å². The van der Waals surface area contributed by atoms with Gasteiger partial charge in [-0.15, -0.1) is 0 Å². The van der Waals surface area contributed by atoms with Crippen LogP contribution in [0.3, 0.4) is 0 Å². The molecule has 2 rings (SSSR count). The molecule has 2 nitrogen and oxygen atoms in total. The van der Waals surface area contributed by atoms with Crippen molar-refractivity contribution in [2.75, 3.05) is 0 Å². The Morgan fingerprint density at radius 3 is 2.85 bits per heavy atom. The number of rotatable bonds is 1. The average molecular weight is 182 g/mol. The highest BCUT2D eigenvalue weighted by Gasteiger charge is 2.46. The van der Waals surface area contributed by atoms with Crippen LogP contribution in [0.5, 0.6) is 0 Å². The lowest BCUT2D eigenvalue weighted by molar-refractivity contribution is -0.155. The van der Waals surface area contributed by atoms with E-state index in [0.717, 1.165) is 12.3 Å². The van der Waals surface area contributed by atoms with Gasteiger partial charge in [0.15, 0.2) is 0 Å². The molecule has 0 aliphatic heterocycles. The Balaban J connectivity index is 2.06. The highest BCUT2D eigenvalue weighted by molar-refractivity contribution is 5.66. The van der Waals surface area contributed by atoms with Crippen LogP contribution in [0, 0.1) is 11.3 Å². The summed E-state index contributed by atoms with van der Waals surface area (Å²) in [5.41, 5.74) is 0.300. The third-order valence-corrected chi connectivity index (χ3v) is 3.80. The highest BCUT2D eigenvalue weighted by Crippen LogP contribution is 2.52. The zero-order valence-corrected chi connectivity index (χ0v) is 8.51. The van der Waals surface area contributed by atoms with Gasteiger partial charge in [-0.05, 0) is 38.0 Å². The van der Waals surface area contributed by atoms with E-state index < -0.39 is 0 Å². The molecule has 0 spiro atoms. The van der Waals surface area contributed by atoms with E-state index in [2.05, 4.69) is 6.92 Å². The number of esters is 1. The fourth-order valence-corrected chi connectivity index (χ4v) is 3.07. The van der Waals surface area contributed by atoms with E-state index in [1.165, 1.54) is 32.6 Å². The average Bonchev–Trinajstić information content (AvgIpc) is 2.35. The van der Waals surface area contributed by atoms with E-state index in [-0.39, 0.29) is 12.1 Å². The first-order valence-electron chi connectivity index (χ1n) is 5.27. The minimum absolute atomic E-state index is 0.114. The van der Waals surface area contributed by atoms with Gasteiger partial charge in [0.05, 0.1) is 0 Å². The van der Waals surface area contributed by atoms with Crippen molar-refractivity contribution in [1.82, 2.24) is 0 Å². The van der Waals surface area contributed by atoms with Crippen LogP contribution < -0.4 is 0 Å². The van der Waals surface area contributed by atoms with Crippen LogP contribution in [-0.4, -0.2) is 12.1 Å². The molecule has 0 radical (unpaired) electrons. The van der Waals surface area contributed by atoms with Crippen LogP contribution in [0.15, 0.2) is 0 Å². The summed E-state index contributed by atoms with van der Waals surface area (Å²) >= 11 is 0. The lowest BCUT2D eigenvalue weighted by Gasteiger charge is -2.37. The molecule has 0 unspecified atom stereocenters. The van der Waals surface area contributed by atoms with Gasteiger partial charge in [0.1, 0.15) is 6.10 Å². The monoisotopic (exact) mass is 182 g/mol. The second-order valence-corrected chi connectivity index (χ2v) is 4.94.